The Hall–Kier alpha value is -1.55. The molecular formula is C20H29ClO4. The van der Waals surface area contributed by atoms with E-state index in [2.05, 4.69) is 27.7 Å². The molecular weight excluding hydrogens is 340 g/mol. The van der Waals surface area contributed by atoms with E-state index in [9.17, 15) is 9.59 Å². The number of esters is 2. The van der Waals surface area contributed by atoms with Gasteiger partial charge >= 0.3 is 11.9 Å². The summed E-state index contributed by atoms with van der Waals surface area (Å²) in [6, 6.07) is 4.85. The molecule has 0 amide bonds. The van der Waals surface area contributed by atoms with Gasteiger partial charge in [0.1, 0.15) is 0 Å². The van der Waals surface area contributed by atoms with Crippen molar-refractivity contribution in [1.82, 2.24) is 0 Å². The molecule has 0 saturated carbocycles. The Morgan fingerprint density at radius 2 is 1.44 bits per heavy atom. The highest BCUT2D eigenvalue weighted by Gasteiger charge is 2.17. The number of benzene rings is 1. The second-order valence-corrected chi connectivity index (χ2v) is 7.49. The van der Waals surface area contributed by atoms with E-state index in [1.54, 1.807) is 18.2 Å². The van der Waals surface area contributed by atoms with E-state index in [0.717, 1.165) is 25.7 Å². The molecule has 0 aliphatic heterocycles. The Morgan fingerprint density at radius 3 is 1.96 bits per heavy atom. The predicted molar refractivity (Wildman–Crippen MR) is 100 cm³/mol. The molecule has 4 nitrogen and oxygen atoms in total. The van der Waals surface area contributed by atoms with Gasteiger partial charge in [-0.25, -0.2) is 0 Å². The number of para-hydroxylation sites is 1. The molecule has 0 aromatic heterocycles. The van der Waals surface area contributed by atoms with E-state index in [1.807, 2.05) is 0 Å². The Balaban J connectivity index is 2.64. The van der Waals surface area contributed by atoms with Crippen molar-refractivity contribution in [3.05, 3.63) is 23.2 Å². The summed E-state index contributed by atoms with van der Waals surface area (Å²) >= 11 is 6.12. The van der Waals surface area contributed by atoms with Crippen LogP contribution in [0.4, 0.5) is 0 Å². The monoisotopic (exact) mass is 368 g/mol. The van der Waals surface area contributed by atoms with Crippen molar-refractivity contribution < 1.29 is 19.1 Å². The van der Waals surface area contributed by atoms with Crippen LogP contribution < -0.4 is 9.47 Å². The fourth-order valence-corrected chi connectivity index (χ4v) is 2.52. The van der Waals surface area contributed by atoms with E-state index < -0.39 is 0 Å². The molecule has 1 aromatic rings. The van der Waals surface area contributed by atoms with Gasteiger partial charge in [-0.2, -0.15) is 0 Å². The maximum atomic E-state index is 12.0. The van der Waals surface area contributed by atoms with E-state index >= 15 is 0 Å². The van der Waals surface area contributed by atoms with Crippen molar-refractivity contribution >= 4 is 23.5 Å². The fraction of sp³-hybridized carbons (Fsp3) is 0.600. The van der Waals surface area contributed by atoms with Crippen LogP contribution in [0.1, 0.15) is 66.2 Å². The number of hydrogen-bond donors (Lipinski definition) is 0. The Morgan fingerprint density at radius 1 is 0.920 bits per heavy atom. The molecule has 0 N–H and O–H groups in total. The summed E-state index contributed by atoms with van der Waals surface area (Å²) in [6.45, 7) is 8.44. The first-order valence-electron chi connectivity index (χ1n) is 8.99. The van der Waals surface area contributed by atoms with Crippen LogP contribution in [0.15, 0.2) is 18.2 Å². The highest BCUT2D eigenvalue weighted by atomic mass is 35.5. The molecule has 140 valence electrons. The predicted octanol–water partition coefficient (Wildman–Crippen LogP) is 5.80. The van der Waals surface area contributed by atoms with Gasteiger partial charge in [-0.3, -0.25) is 9.59 Å². The van der Waals surface area contributed by atoms with Gasteiger partial charge in [0, 0.05) is 12.8 Å². The molecule has 25 heavy (non-hydrogen) atoms. The summed E-state index contributed by atoms with van der Waals surface area (Å²) in [5.41, 5.74) is 0. The zero-order valence-corrected chi connectivity index (χ0v) is 16.4. The first kappa shape index (κ1) is 21.5. The van der Waals surface area contributed by atoms with Crippen LogP contribution in [0.25, 0.3) is 0 Å². The molecule has 0 spiro atoms. The van der Waals surface area contributed by atoms with Crippen molar-refractivity contribution in [3.63, 3.8) is 0 Å². The number of carbonyl (C=O) groups excluding carboxylic acids is 2. The lowest BCUT2D eigenvalue weighted by atomic mass is 10.1. The van der Waals surface area contributed by atoms with Crippen molar-refractivity contribution in [1.29, 1.82) is 0 Å². The molecule has 0 atom stereocenters. The number of hydrogen-bond acceptors (Lipinski definition) is 4. The summed E-state index contributed by atoms with van der Waals surface area (Å²) < 4.78 is 10.7. The molecule has 0 heterocycles. The molecule has 1 aromatic carbocycles. The first-order valence-corrected chi connectivity index (χ1v) is 9.37. The Kier molecular flexibility index (Phi) is 9.58. The molecule has 0 aliphatic carbocycles. The van der Waals surface area contributed by atoms with Gasteiger partial charge in [-0.15, -0.1) is 0 Å². The minimum Gasteiger partial charge on any atom is -0.422 e. The maximum absolute atomic E-state index is 12.0. The van der Waals surface area contributed by atoms with Crippen molar-refractivity contribution in [2.24, 2.45) is 11.8 Å². The lowest BCUT2D eigenvalue weighted by Gasteiger charge is -2.12. The third-order valence-electron chi connectivity index (χ3n) is 3.70. The van der Waals surface area contributed by atoms with Crippen LogP contribution >= 0.6 is 11.6 Å². The SMILES string of the molecule is CC(C)CCCC(=O)Oc1cccc(Cl)c1OC(=O)CCCC(C)C. The Bertz CT molecular complexity index is 567. The summed E-state index contributed by atoms with van der Waals surface area (Å²) in [4.78, 5) is 24.0. The summed E-state index contributed by atoms with van der Waals surface area (Å²) in [7, 11) is 0. The number of rotatable bonds is 10. The molecule has 0 bridgehead atoms. The zero-order valence-electron chi connectivity index (χ0n) is 15.6. The summed E-state index contributed by atoms with van der Waals surface area (Å²) in [6.07, 6.45) is 4.07. The molecule has 0 saturated heterocycles. The molecule has 0 radical (unpaired) electrons. The van der Waals surface area contributed by atoms with E-state index in [-0.39, 0.29) is 28.5 Å². The zero-order chi connectivity index (χ0) is 18.8. The van der Waals surface area contributed by atoms with Crippen LogP contribution in [0, 0.1) is 11.8 Å². The minimum atomic E-state index is -0.370. The standard InChI is InChI=1S/C20H29ClO4/c1-14(2)8-5-12-18(22)24-17-11-7-10-16(21)20(17)25-19(23)13-6-9-15(3)4/h7,10-11,14-15H,5-6,8-9,12-13H2,1-4H3. The fourth-order valence-electron chi connectivity index (χ4n) is 2.32. The molecule has 5 heteroatoms. The van der Waals surface area contributed by atoms with Gasteiger partial charge in [0.15, 0.2) is 11.5 Å². The van der Waals surface area contributed by atoms with E-state index in [0.29, 0.717) is 24.7 Å². The third kappa shape index (κ3) is 8.92. The van der Waals surface area contributed by atoms with Crippen LogP contribution in [0.2, 0.25) is 5.02 Å². The second kappa shape index (κ2) is 11.1. The van der Waals surface area contributed by atoms with Crippen LogP contribution in [-0.2, 0) is 9.59 Å². The van der Waals surface area contributed by atoms with Gasteiger partial charge in [-0.05, 0) is 36.8 Å². The molecule has 0 unspecified atom stereocenters. The molecule has 0 aliphatic rings. The summed E-state index contributed by atoms with van der Waals surface area (Å²) in [5, 5.41) is 0.254. The summed E-state index contributed by atoms with van der Waals surface area (Å²) in [5.74, 6) is 0.679. The minimum absolute atomic E-state index is 0.121. The maximum Gasteiger partial charge on any atom is 0.311 e. The molecule has 0 fully saturated rings. The first-order chi connectivity index (χ1) is 11.8. The highest BCUT2D eigenvalue weighted by molar-refractivity contribution is 6.32. The van der Waals surface area contributed by atoms with Gasteiger partial charge in [-0.1, -0.05) is 58.2 Å². The second-order valence-electron chi connectivity index (χ2n) is 7.09. The van der Waals surface area contributed by atoms with Crippen LogP contribution in [0.3, 0.4) is 0 Å². The number of carbonyl (C=O) groups is 2. The van der Waals surface area contributed by atoms with E-state index in [1.165, 1.54) is 0 Å². The quantitative estimate of drug-likeness (QED) is 0.386. The van der Waals surface area contributed by atoms with Crippen LogP contribution in [0.5, 0.6) is 11.5 Å². The van der Waals surface area contributed by atoms with Gasteiger partial charge in [0.2, 0.25) is 0 Å². The normalized spacial score (nSPS) is 11.0. The van der Waals surface area contributed by atoms with Crippen molar-refractivity contribution in [2.75, 3.05) is 0 Å². The lowest BCUT2D eigenvalue weighted by Crippen LogP contribution is -2.12. The third-order valence-corrected chi connectivity index (χ3v) is 3.99. The highest BCUT2D eigenvalue weighted by Crippen LogP contribution is 2.35. The van der Waals surface area contributed by atoms with Gasteiger partial charge in [0.05, 0.1) is 5.02 Å². The van der Waals surface area contributed by atoms with Crippen LogP contribution in [-0.4, -0.2) is 11.9 Å². The van der Waals surface area contributed by atoms with Gasteiger partial charge in [0.25, 0.3) is 0 Å². The smallest absolute Gasteiger partial charge is 0.311 e. The van der Waals surface area contributed by atoms with Gasteiger partial charge < -0.3 is 9.47 Å². The Labute approximate surface area is 155 Å². The largest absolute Gasteiger partial charge is 0.422 e. The van der Waals surface area contributed by atoms with Crippen molar-refractivity contribution in [3.8, 4) is 11.5 Å². The topological polar surface area (TPSA) is 52.6 Å². The average Bonchev–Trinajstić information content (AvgIpc) is 2.50. The molecule has 1 rings (SSSR count). The number of halogens is 1. The number of ether oxygens (including phenoxy) is 2. The van der Waals surface area contributed by atoms with E-state index in [4.69, 9.17) is 21.1 Å². The average molecular weight is 369 g/mol. The van der Waals surface area contributed by atoms with Crippen molar-refractivity contribution in [2.45, 2.75) is 66.2 Å². The lowest BCUT2D eigenvalue weighted by molar-refractivity contribution is -0.137.